The molecular formula is C21H22F18NO6S+. The van der Waals surface area contributed by atoms with Gasteiger partial charge in [0.05, 0.1) is 6.61 Å². The van der Waals surface area contributed by atoms with E-state index in [-0.39, 0.29) is 12.0 Å². The standard InChI is InChI=1S/C14H10F18NO4S.C7H12O2/c1-3-6(34)37-5-4-33(2,32)38(35,36)14(30,31)12(25,26)10(21,22)8(17,18)7(15,16)9(19,20)11(23,24)13(27,28)29;1-3-5-6-9-7(8)4-2/h3H,1,4-5H2,2H3;4H,2-3,5-6H2,1H3/q+1;. The highest BCUT2D eigenvalue weighted by Crippen LogP contribution is 2.64. The lowest BCUT2D eigenvalue weighted by atomic mass is 9.91. The number of halogens is 18. The Labute approximate surface area is 252 Å². The second-order valence-electron chi connectivity index (χ2n) is 8.74. The van der Waals surface area contributed by atoms with Gasteiger partial charge in [-0.15, -0.1) is 0 Å². The molecule has 0 aliphatic carbocycles. The minimum Gasteiger partial charge on any atom is -0.463 e. The van der Waals surface area contributed by atoms with Crippen molar-refractivity contribution in [1.29, 1.82) is 0 Å². The van der Waals surface area contributed by atoms with Crippen molar-refractivity contribution in [3.05, 3.63) is 25.3 Å². The summed E-state index contributed by atoms with van der Waals surface area (Å²) in [6, 6.07) is 0. The van der Waals surface area contributed by atoms with Gasteiger partial charge in [-0.25, -0.2) is 9.59 Å². The first-order valence-corrected chi connectivity index (χ1v) is 13.1. The summed E-state index contributed by atoms with van der Waals surface area (Å²) in [5.41, 5.74) is 0. The molecule has 0 rings (SSSR count). The third kappa shape index (κ3) is 8.21. The van der Waals surface area contributed by atoms with E-state index in [9.17, 15) is 97.1 Å². The van der Waals surface area contributed by atoms with Crippen LogP contribution in [0.5, 0.6) is 0 Å². The lowest BCUT2D eigenvalue weighted by molar-refractivity contribution is -0.934. The van der Waals surface area contributed by atoms with Crippen molar-refractivity contribution in [3.63, 3.8) is 0 Å². The number of carbonyl (C=O) groups excluding carboxylic acids is 2. The second-order valence-corrected chi connectivity index (χ2v) is 11.0. The highest BCUT2D eigenvalue weighted by Gasteiger charge is 2.97. The summed E-state index contributed by atoms with van der Waals surface area (Å²) in [5, 5.41) is -8.03. The number of carbonyl (C=O) groups is 2. The molecule has 0 amide bonds. The molecule has 7 nitrogen and oxygen atoms in total. The van der Waals surface area contributed by atoms with Crippen LogP contribution < -0.4 is 0 Å². The monoisotopic (exact) mass is 758 g/mol. The summed E-state index contributed by atoms with van der Waals surface area (Å²) in [7, 11) is -8.80. The Balaban J connectivity index is 0. The lowest BCUT2D eigenvalue weighted by Crippen LogP contribution is -2.75. The van der Waals surface area contributed by atoms with E-state index in [1.807, 2.05) is 6.92 Å². The number of esters is 2. The van der Waals surface area contributed by atoms with Gasteiger partial charge in [0.15, 0.2) is 6.54 Å². The molecule has 0 aliphatic heterocycles. The largest absolute Gasteiger partial charge is 0.467 e. The quantitative estimate of drug-likeness (QED) is 0.0563. The smallest absolute Gasteiger partial charge is 0.463 e. The molecule has 0 saturated carbocycles. The molecule has 47 heavy (non-hydrogen) atoms. The van der Waals surface area contributed by atoms with Crippen molar-refractivity contribution in [2.24, 2.45) is 0 Å². The maximum atomic E-state index is 14.2. The van der Waals surface area contributed by atoms with E-state index in [4.69, 9.17) is 0 Å². The van der Waals surface area contributed by atoms with Gasteiger partial charge in [-0.05, 0) is 10.5 Å². The number of nitrogens with zero attached hydrogens (tertiary/aromatic N) is 1. The van der Waals surface area contributed by atoms with Crippen molar-refractivity contribution in [2.45, 2.75) is 66.7 Å². The topological polar surface area (TPSA) is 86.7 Å². The molecular weight excluding hydrogens is 736 g/mol. The van der Waals surface area contributed by atoms with Crippen LogP contribution in [0.3, 0.4) is 0 Å². The van der Waals surface area contributed by atoms with Crippen LogP contribution in [0.25, 0.3) is 0 Å². The zero-order chi connectivity index (χ0) is 38.5. The van der Waals surface area contributed by atoms with Gasteiger partial charge in [0.2, 0.25) is 0 Å². The van der Waals surface area contributed by atoms with Crippen molar-refractivity contribution >= 4 is 22.0 Å². The highest BCUT2D eigenvalue weighted by atomic mass is 32.2. The molecule has 0 aliphatic rings. The van der Waals surface area contributed by atoms with Crippen LogP contribution in [-0.4, -0.2) is 98.2 Å². The molecule has 0 aromatic carbocycles. The van der Waals surface area contributed by atoms with Gasteiger partial charge < -0.3 is 9.47 Å². The molecule has 26 heteroatoms. The maximum Gasteiger partial charge on any atom is 0.467 e. The number of ether oxygens (including phenoxy) is 2. The van der Waals surface area contributed by atoms with Crippen molar-refractivity contribution in [1.82, 2.24) is 0 Å². The molecule has 0 spiro atoms. The number of hydrogen-bond acceptors (Lipinski definition) is 6. The van der Waals surface area contributed by atoms with Gasteiger partial charge in [0, 0.05) is 16.6 Å². The van der Waals surface area contributed by atoms with Gasteiger partial charge in [-0.3, -0.25) is 0 Å². The predicted molar refractivity (Wildman–Crippen MR) is 119 cm³/mol. The molecule has 0 fully saturated rings. The van der Waals surface area contributed by atoms with Crippen LogP contribution in [0, 0.1) is 0 Å². The SMILES string of the molecule is C=CC(=O)OCCCC.C=CC(=O)OCC[N+](C)(F)S(=O)(=O)C(F)(F)C(F)(F)C(F)(F)C(F)(F)C(F)(F)C(F)(F)C(F)(F)C(F)(F)F. The Kier molecular flexibility index (Phi) is 14.4. The van der Waals surface area contributed by atoms with Gasteiger partial charge in [0.1, 0.15) is 13.7 Å². The maximum absolute atomic E-state index is 14.2. The van der Waals surface area contributed by atoms with Gasteiger partial charge in [-0.1, -0.05) is 26.5 Å². The molecule has 278 valence electrons. The minimum atomic E-state index is -9.03. The number of unbranched alkanes of at least 4 members (excludes halogenated alkanes) is 1. The third-order valence-corrected chi connectivity index (χ3v) is 7.42. The van der Waals surface area contributed by atoms with Crippen molar-refractivity contribution in [2.75, 3.05) is 26.8 Å². The summed E-state index contributed by atoms with van der Waals surface area (Å²) in [5.74, 6) is -54.6. The number of likely N-dealkylation sites (N-methyl/N-ethyl adjacent to an activating group) is 1. The molecule has 0 N–H and O–H groups in total. The number of rotatable bonds is 16. The van der Waals surface area contributed by atoms with E-state index in [0.717, 1.165) is 12.8 Å². The fourth-order valence-electron chi connectivity index (χ4n) is 2.41. The van der Waals surface area contributed by atoms with Crippen LogP contribution in [0.4, 0.5) is 79.1 Å². The van der Waals surface area contributed by atoms with Crippen molar-refractivity contribution in [3.8, 4) is 0 Å². The number of sulfonamides is 1. The normalized spacial score (nSPS) is 15.5. The van der Waals surface area contributed by atoms with E-state index in [1.54, 1.807) is 0 Å². The summed E-state index contributed by atoms with van der Waals surface area (Å²) in [6.45, 7) is 4.61. The van der Waals surface area contributed by atoms with Crippen LogP contribution in [0.2, 0.25) is 0 Å². The van der Waals surface area contributed by atoms with Gasteiger partial charge >= 0.3 is 68.9 Å². The summed E-state index contributed by atoms with van der Waals surface area (Å²) in [4.78, 5) is 21.1. The zero-order valence-corrected chi connectivity index (χ0v) is 24.0. The van der Waals surface area contributed by atoms with Crippen LogP contribution in [-0.2, 0) is 29.1 Å². The Morgan fingerprint density at radius 3 is 1.28 bits per heavy atom. The molecule has 0 aromatic heterocycles. The molecule has 0 heterocycles. The Hall–Kier alpha value is -2.93. The summed E-state index contributed by atoms with van der Waals surface area (Å²) >= 11 is 0. The van der Waals surface area contributed by atoms with E-state index >= 15 is 0 Å². The summed E-state index contributed by atoms with van der Waals surface area (Å²) in [6.07, 6.45) is -4.54. The minimum absolute atomic E-state index is 0.265. The van der Waals surface area contributed by atoms with Gasteiger partial charge in [-0.2, -0.15) is 83.1 Å². The average molecular weight is 758 g/mol. The molecule has 0 saturated heterocycles. The summed E-state index contributed by atoms with van der Waals surface area (Å²) < 4.78 is 267. The van der Waals surface area contributed by atoms with Gasteiger partial charge in [0.25, 0.3) is 0 Å². The molecule has 0 radical (unpaired) electrons. The van der Waals surface area contributed by atoms with Crippen LogP contribution in [0.1, 0.15) is 19.8 Å². The highest BCUT2D eigenvalue weighted by molar-refractivity contribution is 7.87. The number of quaternary nitrogens is 1. The van der Waals surface area contributed by atoms with E-state index in [2.05, 4.69) is 22.6 Å². The molecule has 1 atom stereocenters. The lowest BCUT2D eigenvalue weighted by Gasteiger charge is -2.42. The Morgan fingerprint density at radius 2 is 0.957 bits per heavy atom. The number of alkyl halides is 17. The molecule has 1 unspecified atom stereocenters. The van der Waals surface area contributed by atoms with Crippen molar-refractivity contribution < 1.29 is 111 Å². The van der Waals surface area contributed by atoms with E-state index in [0.29, 0.717) is 6.61 Å². The zero-order valence-electron chi connectivity index (χ0n) is 23.2. The first kappa shape index (κ1) is 46.2. The average Bonchev–Trinajstić information content (AvgIpc) is 2.91. The first-order chi connectivity index (χ1) is 20.5. The molecule has 0 aromatic rings. The van der Waals surface area contributed by atoms with E-state index < -0.39 is 87.3 Å². The van der Waals surface area contributed by atoms with E-state index in [1.165, 1.54) is 6.08 Å². The molecule has 0 bridgehead atoms. The number of hydrogen-bond donors (Lipinski definition) is 0. The Bertz CT molecular complexity index is 1230. The van der Waals surface area contributed by atoms with Crippen LogP contribution >= 0.6 is 0 Å². The first-order valence-electron chi connectivity index (χ1n) is 11.6. The third-order valence-electron chi connectivity index (χ3n) is 5.33. The fourth-order valence-corrected chi connectivity index (χ4v) is 3.66. The predicted octanol–water partition coefficient (Wildman–Crippen LogP) is 6.86. The Morgan fingerprint density at radius 1 is 0.638 bits per heavy atom. The fraction of sp³-hybridized carbons (Fsp3) is 0.714. The second kappa shape index (κ2) is 14.7. The van der Waals surface area contributed by atoms with Crippen LogP contribution in [0.15, 0.2) is 25.3 Å².